The van der Waals surface area contributed by atoms with Crippen LogP contribution in [0.2, 0.25) is 0 Å². The van der Waals surface area contributed by atoms with Crippen LogP contribution in [0.25, 0.3) is 11.1 Å². The summed E-state index contributed by atoms with van der Waals surface area (Å²) in [6.07, 6.45) is -4.42. The fraction of sp³-hybridized carbons (Fsp3) is 0.125. The van der Waals surface area contributed by atoms with Gasteiger partial charge in [0.2, 0.25) is 5.91 Å². The van der Waals surface area contributed by atoms with Crippen LogP contribution in [-0.4, -0.2) is 18.4 Å². The minimum Gasteiger partial charge on any atom is -0.368 e. The quantitative estimate of drug-likeness (QED) is 0.908. The highest BCUT2D eigenvalue weighted by Crippen LogP contribution is 2.31. The van der Waals surface area contributed by atoms with Gasteiger partial charge in [-0.1, -0.05) is 30.3 Å². The Labute approximate surface area is 130 Å². The molecule has 4 nitrogen and oxygen atoms in total. The van der Waals surface area contributed by atoms with Crippen LogP contribution in [-0.2, 0) is 11.0 Å². The van der Waals surface area contributed by atoms with E-state index in [1.54, 1.807) is 18.2 Å². The van der Waals surface area contributed by atoms with Crippen molar-refractivity contribution in [1.82, 2.24) is 5.32 Å². The molecule has 0 atom stereocenters. The monoisotopic (exact) mass is 322 g/mol. The topological polar surface area (TPSA) is 72.2 Å². The van der Waals surface area contributed by atoms with E-state index < -0.39 is 23.6 Å². The van der Waals surface area contributed by atoms with Crippen molar-refractivity contribution in [3.8, 4) is 11.1 Å². The lowest BCUT2D eigenvalue weighted by molar-refractivity contribution is -0.137. The van der Waals surface area contributed by atoms with E-state index in [1.807, 2.05) is 0 Å². The van der Waals surface area contributed by atoms with Crippen LogP contribution >= 0.6 is 0 Å². The molecule has 7 heteroatoms. The van der Waals surface area contributed by atoms with Crippen molar-refractivity contribution in [2.75, 3.05) is 6.54 Å². The number of hydrogen-bond donors (Lipinski definition) is 2. The minimum absolute atomic E-state index is 0.244. The average Bonchev–Trinajstić information content (AvgIpc) is 2.52. The Morgan fingerprint density at radius 1 is 1.00 bits per heavy atom. The van der Waals surface area contributed by atoms with Crippen LogP contribution in [0.1, 0.15) is 15.9 Å². The highest BCUT2D eigenvalue weighted by Gasteiger charge is 2.30. The largest absolute Gasteiger partial charge is 0.416 e. The molecule has 0 aliphatic carbocycles. The van der Waals surface area contributed by atoms with Crippen LogP contribution < -0.4 is 11.1 Å². The molecule has 0 saturated heterocycles. The van der Waals surface area contributed by atoms with E-state index in [0.29, 0.717) is 11.1 Å². The zero-order valence-corrected chi connectivity index (χ0v) is 11.9. The maximum atomic E-state index is 12.6. The zero-order chi connectivity index (χ0) is 17.0. The Morgan fingerprint density at radius 2 is 1.61 bits per heavy atom. The van der Waals surface area contributed by atoms with Crippen molar-refractivity contribution in [1.29, 1.82) is 0 Å². The Balaban J connectivity index is 2.33. The van der Waals surface area contributed by atoms with Crippen molar-refractivity contribution in [2.24, 2.45) is 5.73 Å². The number of carbonyl (C=O) groups is 2. The van der Waals surface area contributed by atoms with Gasteiger partial charge in [0, 0.05) is 5.56 Å². The van der Waals surface area contributed by atoms with Crippen molar-refractivity contribution >= 4 is 11.8 Å². The van der Waals surface area contributed by atoms with Crippen molar-refractivity contribution in [3.63, 3.8) is 0 Å². The van der Waals surface area contributed by atoms with Gasteiger partial charge in [0.15, 0.2) is 0 Å². The summed E-state index contributed by atoms with van der Waals surface area (Å²) in [5, 5.41) is 2.35. The Morgan fingerprint density at radius 3 is 2.17 bits per heavy atom. The number of alkyl halides is 3. The lowest BCUT2D eigenvalue weighted by atomic mass is 9.98. The smallest absolute Gasteiger partial charge is 0.368 e. The van der Waals surface area contributed by atoms with Crippen molar-refractivity contribution in [3.05, 3.63) is 59.7 Å². The summed E-state index contributed by atoms with van der Waals surface area (Å²) < 4.78 is 37.8. The molecule has 2 aromatic carbocycles. The molecule has 23 heavy (non-hydrogen) atoms. The second-order valence-corrected chi connectivity index (χ2v) is 4.77. The number of rotatable bonds is 4. The molecule has 2 rings (SSSR count). The summed E-state index contributed by atoms with van der Waals surface area (Å²) in [6, 6.07) is 10.9. The molecule has 0 aliphatic heterocycles. The molecule has 0 saturated carbocycles. The Kier molecular flexibility index (Phi) is 4.68. The summed E-state index contributed by atoms with van der Waals surface area (Å²) in [6.45, 7) is -0.319. The number of benzene rings is 2. The summed E-state index contributed by atoms with van der Waals surface area (Å²) >= 11 is 0. The predicted octanol–water partition coefficient (Wildman–Crippen LogP) is 2.59. The first-order valence-electron chi connectivity index (χ1n) is 6.62. The number of carbonyl (C=O) groups excluding carboxylic acids is 2. The first kappa shape index (κ1) is 16.5. The second kappa shape index (κ2) is 6.51. The van der Waals surface area contributed by atoms with Gasteiger partial charge in [-0.2, -0.15) is 13.2 Å². The van der Waals surface area contributed by atoms with E-state index >= 15 is 0 Å². The standard InChI is InChI=1S/C16H13F3N2O2/c17-16(18,19)11-7-5-10(6-8-11)12-3-1-2-4-13(12)15(23)21-9-14(20)22/h1-8H,9H2,(H2,20,22)(H,21,23). The molecule has 0 radical (unpaired) electrons. The van der Waals surface area contributed by atoms with E-state index in [-0.39, 0.29) is 12.1 Å². The van der Waals surface area contributed by atoms with Crippen LogP contribution in [0.4, 0.5) is 13.2 Å². The molecule has 0 heterocycles. The zero-order valence-electron chi connectivity index (χ0n) is 11.9. The Bertz CT molecular complexity index is 725. The van der Waals surface area contributed by atoms with Gasteiger partial charge in [-0.05, 0) is 29.3 Å². The van der Waals surface area contributed by atoms with E-state index in [9.17, 15) is 22.8 Å². The SMILES string of the molecule is NC(=O)CNC(=O)c1ccccc1-c1ccc(C(F)(F)F)cc1. The summed E-state index contributed by atoms with van der Waals surface area (Å²) in [5.74, 6) is -1.22. The molecular weight excluding hydrogens is 309 g/mol. The highest BCUT2D eigenvalue weighted by atomic mass is 19.4. The second-order valence-electron chi connectivity index (χ2n) is 4.77. The van der Waals surface area contributed by atoms with Crippen LogP contribution in [0.3, 0.4) is 0 Å². The van der Waals surface area contributed by atoms with Crippen molar-refractivity contribution < 1.29 is 22.8 Å². The van der Waals surface area contributed by atoms with E-state index in [0.717, 1.165) is 12.1 Å². The third kappa shape index (κ3) is 4.09. The van der Waals surface area contributed by atoms with Gasteiger partial charge in [0.1, 0.15) is 0 Å². The van der Waals surface area contributed by atoms with Crippen LogP contribution in [0.15, 0.2) is 48.5 Å². The highest BCUT2D eigenvalue weighted by molar-refractivity contribution is 6.02. The van der Waals surface area contributed by atoms with E-state index in [1.165, 1.54) is 18.2 Å². The third-order valence-corrected chi connectivity index (χ3v) is 3.12. The van der Waals surface area contributed by atoms with Gasteiger partial charge in [-0.15, -0.1) is 0 Å². The predicted molar refractivity (Wildman–Crippen MR) is 78.4 cm³/mol. The minimum atomic E-state index is -4.42. The normalized spacial score (nSPS) is 11.1. The summed E-state index contributed by atoms with van der Waals surface area (Å²) in [7, 11) is 0. The number of nitrogens with two attached hydrogens (primary N) is 1. The molecule has 0 aromatic heterocycles. The lowest BCUT2D eigenvalue weighted by Gasteiger charge is -2.11. The maximum absolute atomic E-state index is 12.6. The van der Waals surface area contributed by atoms with Gasteiger partial charge in [0.25, 0.3) is 5.91 Å². The number of hydrogen-bond acceptors (Lipinski definition) is 2. The Hall–Kier alpha value is -2.83. The number of primary amides is 1. The molecule has 0 aliphatic rings. The molecule has 120 valence electrons. The first-order valence-corrected chi connectivity index (χ1v) is 6.62. The van der Waals surface area contributed by atoms with Gasteiger partial charge in [-0.25, -0.2) is 0 Å². The third-order valence-electron chi connectivity index (χ3n) is 3.12. The van der Waals surface area contributed by atoms with E-state index in [2.05, 4.69) is 5.32 Å². The average molecular weight is 322 g/mol. The number of halogens is 3. The summed E-state index contributed by atoms with van der Waals surface area (Å²) in [4.78, 5) is 22.8. The van der Waals surface area contributed by atoms with Gasteiger partial charge < -0.3 is 11.1 Å². The fourth-order valence-corrected chi connectivity index (χ4v) is 2.03. The van der Waals surface area contributed by atoms with Crippen LogP contribution in [0.5, 0.6) is 0 Å². The van der Waals surface area contributed by atoms with Gasteiger partial charge in [0.05, 0.1) is 12.1 Å². The van der Waals surface area contributed by atoms with E-state index in [4.69, 9.17) is 5.73 Å². The van der Waals surface area contributed by atoms with Gasteiger partial charge >= 0.3 is 6.18 Å². The fourth-order valence-electron chi connectivity index (χ4n) is 2.03. The molecule has 0 fully saturated rings. The molecule has 0 spiro atoms. The lowest BCUT2D eigenvalue weighted by Crippen LogP contribution is -2.33. The molecule has 0 unspecified atom stereocenters. The number of nitrogens with one attached hydrogen (secondary N) is 1. The van der Waals surface area contributed by atoms with Crippen molar-refractivity contribution in [2.45, 2.75) is 6.18 Å². The molecule has 2 aromatic rings. The first-order chi connectivity index (χ1) is 10.8. The van der Waals surface area contributed by atoms with Gasteiger partial charge in [-0.3, -0.25) is 9.59 Å². The molecular formula is C16H13F3N2O2. The maximum Gasteiger partial charge on any atom is 0.416 e. The molecule has 0 bridgehead atoms. The molecule has 3 N–H and O–H groups in total. The van der Waals surface area contributed by atoms with Crippen LogP contribution in [0, 0.1) is 0 Å². The number of amides is 2. The molecule has 2 amide bonds. The summed E-state index contributed by atoms with van der Waals surface area (Å²) in [5.41, 5.74) is 5.36.